The Kier molecular flexibility index (Phi) is 3.75. The Morgan fingerprint density at radius 2 is 1.78 bits per heavy atom. The first-order valence-electron chi connectivity index (χ1n) is 6.66. The highest BCUT2D eigenvalue weighted by molar-refractivity contribution is 5.35. The first-order chi connectivity index (χ1) is 8.74. The van der Waals surface area contributed by atoms with Crippen molar-refractivity contribution in [3.05, 3.63) is 53.4 Å². The Morgan fingerprint density at radius 3 is 2.44 bits per heavy atom. The molecule has 1 aromatic carbocycles. The summed E-state index contributed by atoms with van der Waals surface area (Å²) in [4.78, 5) is 0. The Morgan fingerprint density at radius 1 is 1.11 bits per heavy atom. The smallest absolute Gasteiger partial charge is 0.126 e. The van der Waals surface area contributed by atoms with Crippen molar-refractivity contribution in [1.82, 2.24) is 0 Å². The monoisotopic (exact) mass is 245 g/mol. The predicted molar refractivity (Wildman–Crippen MR) is 77.2 cm³/mol. The van der Waals surface area contributed by atoms with Gasteiger partial charge in [-0.05, 0) is 37.6 Å². The van der Waals surface area contributed by atoms with Gasteiger partial charge in [-0.1, -0.05) is 31.5 Å². The van der Waals surface area contributed by atoms with Crippen LogP contribution < -0.4 is 10.5 Å². The zero-order valence-electron chi connectivity index (χ0n) is 11.3. The average molecular weight is 245 g/mol. The van der Waals surface area contributed by atoms with Crippen LogP contribution in [0.25, 0.3) is 0 Å². The molecule has 0 radical (unpaired) electrons. The fraction of sp³-hybridized carbons (Fsp3) is 0.375. The summed E-state index contributed by atoms with van der Waals surface area (Å²) in [6.07, 6.45) is 5.11. The van der Waals surface area contributed by atoms with Crippen molar-refractivity contribution in [1.29, 1.82) is 0 Å². The van der Waals surface area contributed by atoms with Crippen LogP contribution >= 0.6 is 0 Å². The zero-order chi connectivity index (χ0) is 13.1. The molecule has 0 aromatic heterocycles. The Balaban J connectivity index is 0.000000576. The fourth-order valence-corrected chi connectivity index (χ4v) is 2.16. The van der Waals surface area contributed by atoms with Gasteiger partial charge < -0.3 is 10.5 Å². The Labute approximate surface area is 111 Å². The van der Waals surface area contributed by atoms with Gasteiger partial charge in [0.25, 0.3) is 0 Å². The highest BCUT2D eigenvalue weighted by Gasteiger charge is 2.44. The van der Waals surface area contributed by atoms with E-state index in [1.165, 1.54) is 5.56 Å². The van der Waals surface area contributed by atoms with Crippen LogP contribution in [0.1, 0.15) is 27.3 Å². The Hall–Kier alpha value is -1.70. The van der Waals surface area contributed by atoms with Crippen LogP contribution in [0.2, 0.25) is 0 Å². The summed E-state index contributed by atoms with van der Waals surface area (Å²) >= 11 is 0. The molecule has 2 aliphatic rings. The standard InChI is InChI=1S/C14H15NO.C2H6.H2/c1-9-2-4-10(5-3-9)16-14-7-6-13(15)11-8-12(11)14;1-2;/h2-7,11-12H,8,15H2,1H3;1-2H3;1H. The van der Waals surface area contributed by atoms with Crippen LogP contribution in [0.5, 0.6) is 5.75 Å². The highest BCUT2D eigenvalue weighted by atomic mass is 16.5. The molecule has 1 aromatic rings. The highest BCUT2D eigenvalue weighted by Crippen LogP contribution is 2.49. The summed E-state index contributed by atoms with van der Waals surface area (Å²) in [5.41, 5.74) is 8.11. The minimum Gasteiger partial charge on any atom is -0.461 e. The summed E-state index contributed by atoms with van der Waals surface area (Å²) < 4.78 is 5.87. The lowest BCUT2D eigenvalue weighted by atomic mass is 10.1. The first-order valence-corrected chi connectivity index (χ1v) is 6.66. The van der Waals surface area contributed by atoms with Gasteiger partial charge in [-0.3, -0.25) is 0 Å². The second-order valence-corrected chi connectivity index (χ2v) is 4.60. The summed E-state index contributed by atoms with van der Waals surface area (Å²) in [6.45, 7) is 6.07. The van der Waals surface area contributed by atoms with E-state index in [2.05, 4.69) is 19.1 Å². The third kappa shape index (κ3) is 2.58. The van der Waals surface area contributed by atoms with Gasteiger partial charge in [0.05, 0.1) is 0 Å². The lowest BCUT2D eigenvalue weighted by molar-refractivity contribution is 0.388. The van der Waals surface area contributed by atoms with Crippen molar-refractivity contribution >= 4 is 0 Å². The fourth-order valence-electron chi connectivity index (χ4n) is 2.16. The molecule has 0 amide bonds. The van der Waals surface area contributed by atoms with E-state index < -0.39 is 0 Å². The van der Waals surface area contributed by atoms with E-state index in [-0.39, 0.29) is 1.43 Å². The summed E-state index contributed by atoms with van der Waals surface area (Å²) in [6, 6.07) is 8.14. The molecular formula is C16H23NO. The van der Waals surface area contributed by atoms with E-state index in [1.54, 1.807) is 0 Å². The van der Waals surface area contributed by atoms with E-state index in [0.717, 1.165) is 23.6 Å². The number of allylic oxidation sites excluding steroid dienone is 4. The van der Waals surface area contributed by atoms with Crippen molar-refractivity contribution in [2.75, 3.05) is 0 Å². The quantitative estimate of drug-likeness (QED) is 0.854. The van der Waals surface area contributed by atoms with E-state index in [9.17, 15) is 0 Å². The molecule has 0 bridgehead atoms. The number of aryl methyl sites for hydroxylation is 1. The molecule has 18 heavy (non-hydrogen) atoms. The van der Waals surface area contributed by atoms with Crippen LogP contribution in [-0.2, 0) is 0 Å². The van der Waals surface area contributed by atoms with Gasteiger partial charge in [-0.25, -0.2) is 0 Å². The number of nitrogens with two attached hydrogens (primary N) is 1. The molecular weight excluding hydrogens is 222 g/mol. The van der Waals surface area contributed by atoms with E-state index in [4.69, 9.17) is 10.5 Å². The van der Waals surface area contributed by atoms with Gasteiger partial charge in [0.15, 0.2) is 0 Å². The van der Waals surface area contributed by atoms with Gasteiger partial charge in [0, 0.05) is 19.0 Å². The number of hydrogen-bond donors (Lipinski definition) is 1. The maximum absolute atomic E-state index is 5.87. The van der Waals surface area contributed by atoms with E-state index >= 15 is 0 Å². The molecule has 0 spiro atoms. The number of hydrogen-bond acceptors (Lipinski definition) is 2. The molecule has 2 heteroatoms. The van der Waals surface area contributed by atoms with Crippen LogP contribution in [0.15, 0.2) is 47.9 Å². The maximum Gasteiger partial charge on any atom is 0.126 e. The topological polar surface area (TPSA) is 35.2 Å². The predicted octanol–water partition coefficient (Wildman–Crippen LogP) is 4.02. The Bertz CT molecular complexity index is 476. The van der Waals surface area contributed by atoms with Gasteiger partial charge in [-0.15, -0.1) is 0 Å². The summed E-state index contributed by atoms with van der Waals surface area (Å²) in [7, 11) is 0. The molecule has 2 nitrogen and oxygen atoms in total. The minimum atomic E-state index is 0. The van der Waals surface area contributed by atoms with Crippen LogP contribution in [0.3, 0.4) is 0 Å². The third-order valence-corrected chi connectivity index (χ3v) is 3.28. The summed E-state index contributed by atoms with van der Waals surface area (Å²) in [5, 5.41) is 0. The molecule has 2 unspecified atom stereocenters. The molecule has 2 N–H and O–H groups in total. The molecule has 1 fully saturated rings. The second kappa shape index (κ2) is 5.30. The van der Waals surface area contributed by atoms with Gasteiger partial charge in [0.1, 0.15) is 11.5 Å². The number of benzene rings is 1. The lowest BCUT2D eigenvalue weighted by Gasteiger charge is -2.13. The average Bonchev–Trinajstić information content (AvgIpc) is 3.19. The van der Waals surface area contributed by atoms with Gasteiger partial charge >= 0.3 is 0 Å². The van der Waals surface area contributed by atoms with Crippen molar-refractivity contribution in [2.24, 2.45) is 17.6 Å². The molecule has 1 saturated carbocycles. The van der Waals surface area contributed by atoms with E-state index in [0.29, 0.717) is 11.8 Å². The molecule has 3 rings (SSSR count). The molecule has 2 aliphatic carbocycles. The third-order valence-electron chi connectivity index (χ3n) is 3.28. The first kappa shape index (κ1) is 12.7. The minimum absolute atomic E-state index is 0. The number of fused-ring (bicyclic) bond motifs is 1. The van der Waals surface area contributed by atoms with Crippen LogP contribution in [0, 0.1) is 18.8 Å². The molecule has 0 saturated heterocycles. The largest absolute Gasteiger partial charge is 0.461 e. The molecule has 98 valence electrons. The molecule has 0 aliphatic heterocycles. The second-order valence-electron chi connectivity index (χ2n) is 4.60. The number of rotatable bonds is 2. The molecule has 2 atom stereocenters. The van der Waals surface area contributed by atoms with Crippen molar-refractivity contribution in [3.63, 3.8) is 0 Å². The molecule has 0 heterocycles. The number of ether oxygens (including phenoxy) is 1. The SMILES string of the molecule is CC.Cc1ccc(OC2=CC=C(N)C3CC23)cc1.[HH]. The van der Waals surface area contributed by atoms with Crippen molar-refractivity contribution in [3.8, 4) is 5.75 Å². The lowest BCUT2D eigenvalue weighted by Crippen LogP contribution is -2.08. The van der Waals surface area contributed by atoms with E-state index in [1.807, 2.05) is 38.1 Å². The van der Waals surface area contributed by atoms with Crippen LogP contribution in [0.4, 0.5) is 0 Å². The zero-order valence-corrected chi connectivity index (χ0v) is 11.3. The normalized spacial score (nSPS) is 23.9. The summed E-state index contributed by atoms with van der Waals surface area (Å²) in [5.74, 6) is 3.02. The van der Waals surface area contributed by atoms with Crippen molar-refractivity contribution < 1.29 is 6.16 Å². The van der Waals surface area contributed by atoms with Crippen molar-refractivity contribution in [2.45, 2.75) is 27.2 Å². The van der Waals surface area contributed by atoms with Crippen LogP contribution in [-0.4, -0.2) is 0 Å². The maximum atomic E-state index is 5.87. The van der Waals surface area contributed by atoms with Gasteiger partial charge in [0.2, 0.25) is 0 Å². The van der Waals surface area contributed by atoms with Gasteiger partial charge in [-0.2, -0.15) is 0 Å².